The Balaban J connectivity index is 1.87. The lowest BCUT2D eigenvalue weighted by molar-refractivity contribution is -0.160. The van der Waals surface area contributed by atoms with Crippen molar-refractivity contribution in [3.63, 3.8) is 0 Å². The quantitative estimate of drug-likeness (QED) is 0.528. The van der Waals surface area contributed by atoms with Gasteiger partial charge in [0, 0.05) is 11.8 Å². The summed E-state index contributed by atoms with van der Waals surface area (Å²) in [5.41, 5.74) is 0.740. The van der Waals surface area contributed by atoms with E-state index in [4.69, 9.17) is 9.47 Å². The van der Waals surface area contributed by atoms with Gasteiger partial charge in [0.2, 0.25) is 0 Å². The van der Waals surface area contributed by atoms with Crippen LogP contribution in [0.25, 0.3) is 0 Å². The molecule has 3 rings (SSSR count). The van der Waals surface area contributed by atoms with Crippen LogP contribution < -0.4 is 14.4 Å². The van der Waals surface area contributed by atoms with Crippen molar-refractivity contribution in [1.82, 2.24) is 0 Å². The van der Waals surface area contributed by atoms with E-state index in [1.54, 1.807) is 23.1 Å². The Kier molecular flexibility index (Phi) is 2.55. The summed E-state index contributed by atoms with van der Waals surface area (Å²) in [4.78, 5) is 24.1. The van der Waals surface area contributed by atoms with Gasteiger partial charge in [-0.3, -0.25) is 0 Å². The average Bonchev–Trinajstić information content (AvgIpc) is 2.37. The van der Waals surface area contributed by atoms with Crippen LogP contribution in [0.4, 0.5) is 5.69 Å². The lowest BCUT2D eigenvalue weighted by Gasteiger charge is -2.27. The Morgan fingerprint density at radius 1 is 0.944 bits per heavy atom. The first-order valence-electron chi connectivity index (χ1n) is 5.60. The monoisotopic (exact) mass is 249 g/mol. The van der Waals surface area contributed by atoms with Gasteiger partial charge in [0.15, 0.2) is 11.5 Å². The molecule has 18 heavy (non-hydrogen) atoms. The summed E-state index contributed by atoms with van der Waals surface area (Å²) in [6, 6.07) is 5.33. The van der Waals surface area contributed by atoms with E-state index in [-0.39, 0.29) is 13.1 Å². The van der Waals surface area contributed by atoms with Crippen molar-refractivity contribution in [1.29, 1.82) is 0 Å². The van der Waals surface area contributed by atoms with E-state index in [0.29, 0.717) is 24.7 Å². The van der Waals surface area contributed by atoms with E-state index in [1.807, 2.05) is 0 Å². The normalized spacial score (nSPS) is 18.6. The van der Waals surface area contributed by atoms with E-state index < -0.39 is 11.9 Å². The fourth-order valence-corrected chi connectivity index (χ4v) is 1.97. The van der Waals surface area contributed by atoms with Gasteiger partial charge >= 0.3 is 11.9 Å². The Morgan fingerprint density at radius 3 is 2.33 bits per heavy atom. The number of ether oxygens (including phenoxy) is 3. The van der Waals surface area contributed by atoms with Crippen LogP contribution in [-0.2, 0) is 14.3 Å². The number of anilines is 1. The van der Waals surface area contributed by atoms with Crippen molar-refractivity contribution >= 4 is 17.6 Å². The highest BCUT2D eigenvalue weighted by molar-refractivity contribution is 5.94. The molecule has 0 unspecified atom stereocenters. The molecule has 0 bridgehead atoms. The minimum atomic E-state index is -0.541. The van der Waals surface area contributed by atoms with E-state index in [2.05, 4.69) is 4.74 Å². The van der Waals surface area contributed by atoms with Gasteiger partial charge in [-0.1, -0.05) is 0 Å². The van der Waals surface area contributed by atoms with Crippen LogP contribution in [0.5, 0.6) is 11.5 Å². The summed E-state index contributed by atoms with van der Waals surface area (Å²) >= 11 is 0. The summed E-state index contributed by atoms with van der Waals surface area (Å²) < 4.78 is 15.3. The van der Waals surface area contributed by atoms with E-state index in [9.17, 15) is 9.59 Å². The first-order chi connectivity index (χ1) is 8.72. The van der Waals surface area contributed by atoms with Gasteiger partial charge in [0.05, 0.1) is 0 Å². The number of morpholine rings is 1. The molecule has 0 atom stereocenters. The summed E-state index contributed by atoms with van der Waals surface area (Å²) in [7, 11) is 0. The number of cyclic esters (lactones) is 2. The predicted molar refractivity (Wildman–Crippen MR) is 60.7 cm³/mol. The maximum Gasteiger partial charge on any atom is 0.333 e. The molecule has 2 aliphatic heterocycles. The molecule has 2 heterocycles. The molecule has 1 aromatic rings. The number of benzene rings is 1. The molecule has 6 nitrogen and oxygen atoms in total. The molecule has 0 spiro atoms. The Hall–Kier alpha value is -2.24. The third-order valence-electron chi connectivity index (χ3n) is 2.76. The number of fused-ring (bicyclic) bond motifs is 1. The highest BCUT2D eigenvalue weighted by Crippen LogP contribution is 2.34. The molecule has 0 amide bonds. The van der Waals surface area contributed by atoms with Crippen LogP contribution in [0.15, 0.2) is 18.2 Å². The third kappa shape index (κ3) is 1.97. The Labute approximate surface area is 103 Å². The Morgan fingerprint density at radius 2 is 1.61 bits per heavy atom. The van der Waals surface area contributed by atoms with Crippen LogP contribution >= 0.6 is 0 Å². The molecular weight excluding hydrogens is 238 g/mol. The standard InChI is InChI=1S/C12H11NO5/c14-11-6-13(7-12(15)18-11)8-1-2-9-10(5-8)17-4-3-16-9/h1-2,5H,3-4,6-7H2. The highest BCUT2D eigenvalue weighted by atomic mass is 16.6. The Bertz CT molecular complexity index is 497. The summed E-state index contributed by atoms with van der Waals surface area (Å²) in [5, 5.41) is 0. The van der Waals surface area contributed by atoms with E-state index in [0.717, 1.165) is 5.69 Å². The fourth-order valence-electron chi connectivity index (χ4n) is 1.97. The molecule has 0 saturated carbocycles. The molecular formula is C12H11NO5. The van der Waals surface area contributed by atoms with Gasteiger partial charge in [-0.05, 0) is 12.1 Å². The number of esters is 2. The second-order valence-corrected chi connectivity index (χ2v) is 4.03. The van der Waals surface area contributed by atoms with Crippen molar-refractivity contribution in [2.24, 2.45) is 0 Å². The minimum absolute atomic E-state index is 0.0609. The molecule has 0 aliphatic carbocycles. The number of hydrogen-bond acceptors (Lipinski definition) is 6. The molecule has 94 valence electrons. The zero-order valence-electron chi connectivity index (χ0n) is 9.55. The second-order valence-electron chi connectivity index (χ2n) is 4.03. The van der Waals surface area contributed by atoms with Crippen molar-refractivity contribution in [3.05, 3.63) is 18.2 Å². The number of rotatable bonds is 1. The minimum Gasteiger partial charge on any atom is -0.486 e. The van der Waals surface area contributed by atoms with E-state index >= 15 is 0 Å². The maximum atomic E-state index is 11.2. The smallest absolute Gasteiger partial charge is 0.333 e. The summed E-state index contributed by atoms with van der Waals surface area (Å²) in [5.74, 6) is 0.225. The van der Waals surface area contributed by atoms with Crippen LogP contribution in [0.3, 0.4) is 0 Å². The molecule has 1 fully saturated rings. The molecule has 0 radical (unpaired) electrons. The van der Waals surface area contributed by atoms with Crippen molar-refractivity contribution in [2.45, 2.75) is 0 Å². The zero-order valence-corrected chi connectivity index (χ0v) is 9.55. The second kappa shape index (κ2) is 4.21. The molecule has 1 aromatic carbocycles. The van der Waals surface area contributed by atoms with Crippen LogP contribution in [0.1, 0.15) is 0 Å². The number of carbonyl (C=O) groups excluding carboxylic acids is 2. The first kappa shape index (κ1) is 10.9. The van der Waals surface area contributed by atoms with Crippen molar-refractivity contribution in [3.8, 4) is 11.5 Å². The maximum absolute atomic E-state index is 11.2. The van der Waals surface area contributed by atoms with Crippen LogP contribution in [0.2, 0.25) is 0 Å². The highest BCUT2D eigenvalue weighted by Gasteiger charge is 2.26. The summed E-state index contributed by atoms with van der Waals surface area (Å²) in [6.45, 7) is 1.15. The van der Waals surface area contributed by atoms with Crippen LogP contribution in [-0.4, -0.2) is 38.2 Å². The number of nitrogens with zero attached hydrogens (tertiary/aromatic N) is 1. The predicted octanol–water partition coefficient (Wildman–Crippen LogP) is 0.348. The number of carbonyl (C=O) groups is 2. The molecule has 6 heteroatoms. The van der Waals surface area contributed by atoms with Crippen molar-refractivity contribution in [2.75, 3.05) is 31.2 Å². The molecule has 2 aliphatic rings. The average molecular weight is 249 g/mol. The van der Waals surface area contributed by atoms with Crippen molar-refractivity contribution < 1.29 is 23.8 Å². The molecule has 1 saturated heterocycles. The SMILES string of the molecule is O=C1CN(c2ccc3c(c2)OCCO3)CC(=O)O1. The van der Waals surface area contributed by atoms with Crippen LogP contribution in [0, 0.1) is 0 Å². The largest absolute Gasteiger partial charge is 0.486 e. The lowest BCUT2D eigenvalue weighted by Crippen LogP contribution is -2.43. The number of hydrogen-bond donors (Lipinski definition) is 0. The third-order valence-corrected chi connectivity index (χ3v) is 2.76. The van der Waals surface area contributed by atoms with Gasteiger partial charge in [-0.15, -0.1) is 0 Å². The van der Waals surface area contributed by atoms with Gasteiger partial charge in [0.1, 0.15) is 26.3 Å². The molecule has 0 N–H and O–H groups in total. The van der Waals surface area contributed by atoms with Gasteiger partial charge in [-0.25, -0.2) is 9.59 Å². The lowest BCUT2D eigenvalue weighted by atomic mass is 10.2. The summed E-state index contributed by atoms with van der Waals surface area (Å²) in [6.07, 6.45) is 0. The fraction of sp³-hybridized carbons (Fsp3) is 0.333. The van der Waals surface area contributed by atoms with Gasteiger partial charge in [-0.2, -0.15) is 0 Å². The zero-order chi connectivity index (χ0) is 12.5. The van der Waals surface area contributed by atoms with Gasteiger partial charge in [0.25, 0.3) is 0 Å². The molecule has 0 aromatic heterocycles. The first-order valence-corrected chi connectivity index (χ1v) is 5.60. The van der Waals surface area contributed by atoms with E-state index in [1.165, 1.54) is 0 Å². The van der Waals surface area contributed by atoms with Gasteiger partial charge < -0.3 is 19.1 Å². The topological polar surface area (TPSA) is 65.1 Å².